The van der Waals surface area contributed by atoms with Gasteiger partial charge in [-0.3, -0.25) is 13.9 Å². The number of anilines is 1. The summed E-state index contributed by atoms with van der Waals surface area (Å²) in [6.07, 6.45) is 0. The van der Waals surface area contributed by atoms with Crippen molar-refractivity contribution in [3.63, 3.8) is 0 Å². The molecule has 0 amide bonds. The Kier molecular flexibility index (Phi) is 4.71. The summed E-state index contributed by atoms with van der Waals surface area (Å²) in [4.78, 5) is 24.0. The van der Waals surface area contributed by atoms with Crippen LogP contribution in [0.1, 0.15) is 13.8 Å². The van der Waals surface area contributed by atoms with E-state index < -0.39 is 0 Å². The van der Waals surface area contributed by atoms with E-state index in [1.165, 1.54) is 4.57 Å². The van der Waals surface area contributed by atoms with Gasteiger partial charge in [-0.15, -0.1) is 5.92 Å². The fourth-order valence-electron chi connectivity index (χ4n) is 2.80. The lowest BCUT2D eigenvalue weighted by Crippen LogP contribution is -2.44. The summed E-state index contributed by atoms with van der Waals surface area (Å²) in [6.45, 7) is 7.94. The highest BCUT2D eigenvalue weighted by molar-refractivity contribution is 5.74. The van der Waals surface area contributed by atoms with Crippen LogP contribution in [0.25, 0.3) is 11.2 Å². The van der Waals surface area contributed by atoms with E-state index in [0.29, 0.717) is 24.3 Å². The molecule has 2 aromatic heterocycles. The Bertz CT molecular complexity index is 851. The highest BCUT2D eigenvalue weighted by Gasteiger charge is 2.23. The number of rotatable bonds is 4. The van der Waals surface area contributed by atoms with Gasteiger partial charge in [0.15, 0.2) is 11.2 Å². The second kappa shape index (κ2) is 6.93. The van der Waals surface area contributed by atoms with Gasteiger partial charge in [0.05, 0.1) is 13.2 Å². The zero-order chi connectivity index (χ0) is 17.1. The van der Waals surface area contributed by atoms with Crippen molar-refractivity contribution in [2.45, 2.75) is 20.4 Å². The zero-order valence-corrected chi connectivity index (χ0v) is 14.3. The Morgan fingerprint density at radius 3 is 2.71 bits per heavy atom. The van der Waals surface area contributed by atoms with E-state index in [1.807, 2.05) is 11.5 Å². The van der Waals surface area contributed by atoms with E-state index in [2.05, 4.69) is 32.0 Å². The molecule has 24 heavy (non-hydrogen) atoms. The number of hydrogen-bond donors (Lipinski definition) is 1. The van der Waals surface area contributed by atoms with Gasteiger partial charge in [0.25, 0.3) is 5.56 Å². The second-order valence-corrected chi connectivity index (χ2v) is 5.53. The molecule has 0 atom stereocenters. The molecule has 3 heterocycles. The van der Waals surface area contributed by atoms with Crippen molar-refractivity contribution in [3.8, 4) is 17.9 Å². The molecule has 128 valence electrons. The SMILES string of the molecule is CC#CCn1c(N2CCNCC2)nc2nc(OCC)n(C)c(=O)c21. The van der Waals surface area contributed by atoms with Crippen molar-refractivity contribution in [2.75, 3.05) is 37.7 Å². The molecule has 1 aliphatic heterocycles. The molecule has 8 heteroatoms. The van der Waals surface area contributed by atoms with E-state index in [0.717, 1.165) is 32.1 Å². The number of piperazine rings is 1. The number of nitrogens with zero attached hydrogens (tertiary/aromatic N) is 5. The summed E-state index contributed by atoms with van der Waals surface area (Å²) in [5, 5.41) is 3.32. The fraction of sp³-hybridized carbons (Fsp3) is 0.562. The van der Waals surface area contributed by atoms with Crippen LogP contribution in [0.3, 0.4) is 0 Å². The molecule has 1 fully saturated rings. The molecular weight excluding hydrogens is 308 g/mol. The number of hydrogen-bond acceptors (Lipinski definition) is 6. The Morgan fingerprint density at radius 2 is 2.04 bits per heavy atom. The molecule has 0 saturated carbocycles. The van der Waals surface area contributed by atoms with E-state index in [1.54, 1.807) is 14.0 Å². The molecular formula is C16H22N6O2. The normalized spacial score (nSPS) is 14.5. The number of imidazole rings is 1. The molecule has 0 unspecified atom stereocenters. The molecule has 0 bridgehead atoms. The summed E-state index contributed by atoms with van der Waals surface area (Å²) in [7, 11) is 1.66. The first-order valence-corrected chi connectivity index (χ1v) is 8.12. The van der Waals surface area contributed by atoms with Gasteiger partial charge in [-0.2, -0.15) is 9.97 Å². The van der Waals surface area contributed by atoms with Crippen molar-refractivity contribution < 1.29 is 4.74 Å². The Hall–Kier alpha value is -2.53. The summed E-state index contributed by atoms with van der Waals surface area (Å²) in [6, 6.07) is 0.285. The lowest BCUT2D eigenvalue weighted by molar-refractivity contribution is 0.297. The van der Waals surface area contributed by atoms with Crippen molar-refractivity contribution in [1.29, 1.82) is 0 Å². The van der Waals surface area contributed by atoms with Gasteiger partial charge < -0.3 is 15.0 Å². The smallest absolute Gasteiger partial charge is 0.301 e. The first-order valence-electron chi connectivity index (χ1n) is 8.12. The van der Waals surface area contributed by atoms with Gasteiger partial charge in [-0.05, 0) is 13.8 Å². The summed E-state index contributed by atoms with van der Waals surface area (Å²) < 4.78 is 8.74. The third-order valence-corrected chi connectivity index (χ3v) is 4.01. The third kappa shape index (κ3) is 2.83. The van der Waals surface area contributed by atoms with Crippen LogP contribution in [-0.4, -0.2) is 51.9 Å². The van der Waals surface area contributed by atoms with Crippen LogP contribution in [0, 0.1) is 11.8 Å². The van der Waals surface area contributed by atoms with Gasteiger partial charge in [0, 0.05) is 33.2 Å². The highest BCUT2D eigenvalue weighted by atomic mass is 16.5. The Balaban J connectivity index is 2.20. The molecule has 3 rings (SSSR count). The lowest BCUT2D eigenvalue weighted by atomic mass is 10.4. The van der Waals surface area contributed by atoms with Gasteiger partial charge >= 0.3 is 6.01 Å². The lowest BCUT2D eigenvalue weighted by Gasteiger charge is -2.28. The van der Waals surface area contributed by atoms with Crippen LogP contribution in [-0.2, 0) is 13.6 Å². The standard InChI is InChI=1S/C16H22N6O2/c1-4-6-9-22-12-13(18-15(22)21-10-7-17-8-11-21)19-16(24-5-2)20(3)14(12)23/h17H,5,7-11H2,1-3H3. The Labute approximate surface area is 140 Å². The van der Waals surface area contributed by atoms with Crippen molar-refractivity contribution >= 4 is 17.1 Å². The van der Waals surface area contributed by atoms with Crippen LogP contribution in [0.2, 0.25) is 0 Å². The molecule has 0 aliphatic carbocycles. The fourth-order valence-corrected chi connectivity index (χ4v) is 2.80. The van der Waals surface area contributed by atoms with Gasteiger partial charge in [0.1, 0.15) is 0 Å². The first-order chi connectivity index (χ1) is 11.7. The molecule has 0 aromatic carbocycles. The molecule has 0 radical (unpaired) electrons. The molecule has 1 aliphatic rings. The van der Waals surface area contributed by atoms with Crippen LogP contribution >= 0.6 is 0 Å². The maximum atomic E-state index is 12.8. The van der Waals surface area contributed by atoms with Crippen LogP contribution in [0.4, 0.5) is 5.95 Å². The minimum Gasteiger partial charge on any atom is -0.465 e. The number of ether oxygens (including phenoxy) is 1. The van der Waals surface area contributed by atoms with E-state index in [-0.39, 0.29) is 11.6 Å². The average molecular weight is 330 g/mol. The molecule has 0 spiro atoms. The predicted octanol–water partition coefficient (Wildman–Crippen LogP) is -0.0384. The van der Waals surface area contributed by atoms with Crippen molar-refractivity contribution in [3.05, 3.63) is 10.4 Å². The van der Waals surface area contributed by atoms with Crippen LogP contribution in [0.5, 0.6) is 6.01 Å². The molecule has 8 nitrogen and oxygen atoms in total. The quantitative estimate of drug-likeness (QED) is 0.793. The van der Waals surface area contributed by atoms with Crippen LogP contribution in [0.15, 0.2) is 4.79 Å². The monoisotopic (exact) mass is 330 g/mol. The number of nitrogens with one attached hydrogen (secondary N) is 1. The van der Waals surface area contributed by atoms with Crippen molar-refractivity contribution in [2.24, 2.45) is 7.05 Å². The van der Waals surface area contributed by atoms with Gasteiger partial charge in [-0.25, -0.2) is 0 Å². The van der Waals surface area contributed by atoms with E-state index in [9.17, 15) is 4.79 Å². The highest BCUT2D eigenvalue weighted by Crippen LogP contribution is 2.21. The maximum Gasteiger partial charge on any atom is 0.301 e. The molecule has 1 saturated heterocycles. The summed E-state index contributed by atoms with van der Waals surface area (Å²) in [5.41, 5.74) is 0.709. The predicted molar refractivity (Wildman–Crippen MR) is 92.5 cm³/mol. The number of fused-ring (bicyclic) bond motifs is 1. The van der Waals surface area contributed by atoms with Gasteiger partial charge in [0.2, 0.25) is 5.95 Å². The minimum absolute atomic E-state index is 0.171. The second-order valence-electron chi connectivity index (χ2n) is 5.53. The average Bonchev–Trinajstić information content (AvgIpc) is 2.97. The van der Waals surface area contributed by atoms with Crippen molar-refractivity contribution in [1.82, 2.24) is 24.4 Å². The number of aromatic nitrogens is 4. The van der Waals surface area contributed by atoms with Crippen LogP contribution < -0.4 is 20.5 Å². The topological polar surface area (TPSA) is 77.2 Å². The maximum absolute atomic E-state index is 12.8. The first kappa shape index (κ1) is 16.3. The Morgan fingerprint density at radius 1 is 1.29 bits per heavy atom. The summed E-state index contributed by atoms with van der Waals surface area (Å²) >= 11 is 0. The largest absolute Gasteiger partial charge is 0.465 e. The van der Waals surface area contributed by atoms with E-state index >= 15 is 0 Å². The van der Waals surface area contributed by atoms with E-state index in [4.69, 9.17) is 4.74 Å². The zero-order valence-electron chi connectivity index (χ0n) is 14.3. The third-order valence-electron chi connectivity index (χ3n) is 4.01. The minimum atomic E-state index is -0.171. The van der Waals surface area contributed by atoms with Gasteiger partial charge in [-0.1, -0.05) is 5.92 Å². The molecule has 1 N–H and O–H groups in total. The molecule has 2 aromatic rings. The summed E-state index contributed by atoms with van der Waals surface area (Å²) in [5.74, 6) is 6.66.